The number of hydrogen-bond donors (Lipinski definition) is 4. The fourth-order valence-electron chi connectivity index (χ4n) is 13.5. The second-order valence-electron chi connectivity index (χ2n) is 21.4. The van der Waals surface area contributed by atoms with E-state index in [9.17, 15) is 19.2 Å². The number of amides is 4. The summed E-state index contributed by atoms with van der Waals surface area (Å²) in [6, 6.07) is 16.7. The summed E-state index contributed by atoms with van der Waals surface area (Å²) < 4.78 is 9.67. The highest BCUT2D eigenvalue weighted by atomic mass is 16.5. The summed E-state index contributed by atoms with van der Waals surface area (Å²) in [5, 5.41) is 5.51. The summed E-state index contributed by atoms with van der Waals surface area (Å²) in [7, 11) is 2.63. The van der Waals surface area contributed by atoms with Crippen molar-refractivity contribution in [2.24, 2.45) is 11.8 Å². The van der Waals surface area contributed by atoms with Crippen LogP contribution in [0.1, 0.15) is 162 Å². The van der Waals surface area contributed by atoms with Gasteiger partial charge in [0.05, 0.1) is 50.1 Å². The second kappa shape index (κ2) is 18.4. The molecule has 4 amide bonds. The van der Waals surface area contributed by atoms with E-state index < -0.39 is 24.3 Å². The SMILES string of the molecule is COC(=O)NC(C(=O)N1CCC[C@H]1c1ncc(-c2ccc(-c3ccc(-c4ccc(-c5cnc([C@@H]6CCCN6C(=O)[C@H](NC(=O)OC)C(C)C)[nH]5)c5c4C4CCC5C4)c4c3C3CCC4C3)cc2)[nH]1)C(C)C. The molecule has 2 aliphatic heterocycles. The highest BCUT2D eigenvalue weighted by molar-refractivity contribution is 5.88. The first-order valence-corrected chi connectivity index (χ1v) is 25.8. The number of carbonyl (C=O) groups is 4. The highest BCUT2D eigenvalue weighted by Crippen LogP contribution is 2.62. The third kappa shape index (κ3) is 7.85. The van der Waals surface area contributed by atoms with Crippen LogP contribution in [0.4, 0.5) is 9.59 Å². The zero-order valence-electron chi connectivity index (χ0n) is 41.3. The second-order valence-corrected chi connectivity index (χ2v) is 21.4. The van der Waals surface area contributed by atoms with Crippen molar-refractivity contribution in [2.75, 3.05) is 27.3 Å². The molecule has 4 fully saturated rings. The Morgan fingerprint density at radius 1 is 0.543 bits per heavy atom. The minimum atomic E-state index is -0.682. The fraction of sp³-hybridized carbons (Fsp3) is 0.500. The number of alkyl carbamates (subject to hydrolysis) is 2. The van der Waals surface area contributed by atoms with E-state index in [4.69, 9.17) is 19.4 Å². The molecule has 6 aliphatic rings. The Kier molecular flexibility index (Phi) is 12.1. The van der Waals surface area contributed by atoms with Crippen molar-refractivity contribution in [1.82, 2.24) is 40.4 Å². The number of likely N-dealkylation sites (tertiary alicyclic amines) is 2. The number of nitrogens with one attached hydrogen (secondary N) is 4. The number of H-pyrrole nitrogens is 2. The van der Waals surface area contributed by atoms with Gasteiger partial charge in [-0.1, -0.05) is 76.2 Å². The van der Waals surface area contributed by atoms with Crippen molar-refractivity contribution in [2.45, 2.75) is 140 Å². The van der Waals surface area contributed by atoms with Gasteiger partial charge in [0.25, 0.3) is 0 Å². The first-order chi connectivity index (χ1) is 33.9. The first-order valence-electron chi connectivity index (χ1n) is 25.8. The van der Waals surface area contributed by atoms with E-state index in [-0.39, 0.29) is 35.7 Å². The zero-order valence-corrected chi connectivity index (χ0v) is 41.3. The molecule has 14 heteroatoms. The molecule has 4 bridgehead atoms. The smallest absolute Gasteiger partial charge is 0.407 e. The number of imidazole rings is 2. The van der Waals surface area contributed by atoms with Crippen LogP contribution < -0.4 is 10.6 Å². The van der Waals surface area contributed by atoms with Crippen molar-refractivity contribution in [1.29, 1.82) is 0 Å². The highest BCUT2D eigenvalue weighted by Gasteiger charge is 2.45. The quantitative estimate of drug-likeness (QED) is 0.0956. The molecule has 0 spiro atoms. The molecular weight excluding hydrogens is 881 g/mol. The molecule has 2 saturated heterocycles. The predicted octanol–water partition coefficient (Wildman–Crippen LogP) is 10.6. The van der Waals surface area contributed by atoms with Gasteiger partial charge in [-0.3, -0.25) is 9.59 Å². The molecule has 3 aromatic carbocycles. The molecule has 5 unspecified atom stereocenters. The molecule has 4 aliphatic carbocycles. The Bertz CT molecular complexity index is 2850. The third-order valence-electron chi connectivity index (χ3n) is 16.8. The van der Waals surface area contributed by atoms with Gasteiger partial charge in [-0.05, 0) is 150 Å². The number of rotatable bonds is 12. The van der Waals surface area contributed by atoms with Crippen molar-refractivity contribution in [3.05, 3.63) is 94.8 Å². The van der Waals surface area contributed by atoms with Gasteiger partial charge < -0.3 is 39.9 Å². The number of ether oxygens (including phenoxy) is 2. The van der Waals surface area contributed by atoms with E-state index in [1.807, 2.05) is 49.9 Å². The zero-order chi connectivity index (χ0) is 48.5. The topological polar surface area (TPSA) is 175 Å². The molecule has 70 heavy (non-hydrogen) atoms. The Morgan fingerprint density at radius 2 is 0.943 bits per heavy atom. The number of aromatic nitrogens is 4. The maximum atomic E-state index is 13.9. The van der Waals surface area contributed by atoms with Crippen LogP contribution in [0.15, 0.2) is 60.9 Å². The molecule has 14 nitrogen and oxygen atoms in total. The number of carbonyl (C=O) groups excluding carboxylic acids is 4. The van der Waals surface area contributed by atoms with Crippen molar-refractivity contribution < 1.29 is 28.7 Å². The van der Waals surface area contributed by atoms with Gasteiger partial charge in [0.15, 0.2) is 0 Å². The van der Waals surface area contributed by atoms with Gasteiger partial charge >= 0.3 is 12.2 Å². The Balaban J connectivity index is 0.863. The van der Waals surface area contributed by atoms with E-state index in [2.05, 4.69) is 69.1 Å². The molecular formula is C56H66N8O6. The summed E-state index contributed by atoms with van der Waals surface area (Å²) in [5.41, 5.74) is 15.7. The summed E-state index contributed by atoms with van der Waals surface area (Å²) in [5.74, 6) is 3.31. The van der Waals surface area contributed by atoms with E-state index in [1.165, 1.54) is 97.3 Å². The number of hydrogen-bond acceptors (Lipinski definition) is 8. The minimum absolute atomic E-state index is 0.0976. The van der Waals surface area contributed by atoms with Crippen LogP contribution in [-0.4, -0.2) is 93.1 Å². The molecule has 11 rings (SSSR count). The Morgan fingerprint density at radius 3 is 1.41 bits per heavy atom. The third-order valence-corrected chi connectivity index (χ3v) is 16.8. The number of aromatic amines is 2. The normalized spacial score (nSPS) is 23.8. The largest absolute Gasteiger partial charge is 0.453 e. The van der Waals surface area contributed by atoms with Crippen LogP contribution >= 0.6 is 0 Å². The molecule has 2 saturated carbocycles. The van der Waals surface area contributed by atoms with Gasteiger partial charge in [0.2, 0.25) is 11.8 Å². The molecule has 4 N–H and O–H groups in total. The fourth-order valence-corrected chi connectivity index (χ4v) is 13.5. The number of methoxy groups -OCH3 is 2. The van der Waals surface area contributed by atoms with Crippen LogP contribution in [0.3, 0.4) is 0 Å². The molecule has 4 heterocycles. The van der Waals surface area contributed by atoms with E-state index in [0.29, 0.717) is 36.8 Å². The number of fused-ring (bicyclic) bond motifs is 10. The van der Waals surface area contributed by atoms with Crippen LogP contribution in [0.25, 0.3) is 44.8 Å². The molecule has 8 atom stereocenters. The van der Waals surface area contributed by atoms with Gasteiger partial charge in [0, 0.05) is 18.7 Å². The van der Waals surface area contributed by atoms with Gasteiger partial charge in [0.1, 0.15) is 23.7 Å². The van der Waals surface area contributed by atoms with Crippen LogP contribution in [0.2, 0.25) is 0 Å². The number of nitrogens with zero attached hydrogens (tertiary/aromatic N) is 4. The van der Waals surface area contributed by atoms with Crippen LogP contribution in [0, 0.1) is 11.8 Å². The monoisotopic (exact) mass is 947 g/mol. The minimum Gasteiger partial charge on any atom is -0.453 e. The lowest BCUT2D eigenvalue weighted by Gasteiger charge is -2.30. The molecule has 366 valence electrons. The van der Waals surface area contributed by atoms with E-state index >= 15 is 0 Å². The summed E-state index contributed by atoms with van der Waals surface area (Å²) >= 11 is 0. The molecule has 0 radical (unpaired) electrons. The van der Waals surface area contributed by atoms with Crippen LogP contribution in [0.5, 0.6) is 0 Å². The van der Waals surface area contributed by atoms with Crippen molar-refractivity contribution in [3.63, 3.8) is 0 Å². The van der Waals surface area contributed by atoms with Gasteiger partial charge in [-0.25, -0.2) is 19.6 Å². The average Bonchev–Trinajstić information content (AvgIpc) is 4.23. The summed E-state index contributed by atoms with van der Waals surface area (Å²) in [6.45, 7) is 8.95. The lowest BCUT2D eigenvalue weighted by Crippen LogP contribution is -2.51. The summed E-state index contributed by atoms with van der Waals surface area (Å²) in [6.07, 6.45) is 13.3. The van der Waals surface area contributed by atoms with E-state index in [0.717, 1.165) is 54.3 Å². The Labute approximate surface area is 410 Å². The maximum Gasteiger partial charge on any atom is 0.407 e. The van der Waals surface area contributed by atoms with Crippen LogP contribution in [-0.2, 0) is 19.1 Å². The van der Waals surface area contributed by atoms with Gasteiger partial charge in [-0.15, -0.1) is 0 Å². The molecule has 5 aromatic rings. The van der Waals surface area contributed by atoms with E-state index in [1.54, 1.807) is 5.56 Å². The predicted molar refractivity (Wildman–Crippen MR) is 267 cm³/mol. The lowest BCUT2D eigenvalue weighted by molar-refractivity contribution is -0.136. The molecule has 2 aromatic heterocycles. The first kappa shape index (κ1) is 46.0. The maximum absolute atomic E-state index is 13.9. The van der Waals surface area contributed by atoms with Crippen molar-refractivity contribution >= 4 is 24.0 Å². The Hall–Kier alpha value is -6.44. The average molecular weight is 947 g/mol. The standard InChI is InChI=1S/C56H66N8O6/c1-29(2)49(61-55(67)69-5)53(65)63-23-7-9-43(63)51-57-27-41(59-51)32-13-11-31(12-14-32)37-19-20-38(46-34-16-15-33(25-34)45(37)46)39-21-22-40(48-36-18-17-35(26-36)47(39)48)42-28-58-52(60-42)44-10-8-24-64(44)54(66)50(30(3)4)62-56(68)70-6/h11-14,19-22,27-30,33-36,43-44,49-50H,7-10,15-18,23-26H2,1-6H3,(H,57,59)(H,58,60)(H,61,67)(H,62,68)/t33?,34?,35?,36?,43-,44-,49?,50+/m0/s1. The lowest BCUT2D eigenvalue weighted by atomic mass is 9.77. The van der Waals surface area contributed by atoms with Gasteiger partial charge in [-0.2, -0.15) is 0 Å². The number of benzene rings is 3. The van der Waals surface area contributed by atoms with Crippen molar-refractivity contribution in [3.8, 4) is 44.8 Å². The summed E-state index contributed by atoms with van der Waals surface area (Å²) in [4.78, 5) is 72.7.